The van der Waals surface area contributed by atoms with Gasteiger partial charge in [0.05, 0.1) is 0 Å². The number of carbonyl (C=O) groups is 2. The topological polar surface area (TPSA) is 59.1 Å². The third-order valence-electron chi connectivity index (χ3n) is 5.08. The molecule has 2 aliphatic heterocycles. The van der Waals surface area contributed by atoms with Crippen molar-refractivity contribution < 1.29 is 19.1 Å². The number of fused-ring (bicyclic) bond motifs is 2. The Kier molecular flexibility index (Phi) is 4.48. The molecule has 2 aromatic rings. The van der Waals surface area contributed by atoms with Gasteiger partial charge in [0.25, 0.3) is 5.91 Å². The van der Waals surface area contributed by atoms with E-state index in [-0.39, 0.29) is 18.6 Å². The normalized spacial score (nSPS) is 14.2. The van der Waals surface area contributed by atoms with Crippen molar-refractivity contribution in [3.05, 3.63) is 53.1 Å². The van der Waals surface area contributed by atoms with Gasteiger partial charge in [0.15, 0.2) is 11.5 Å². The van der Waals surface area contributed by atoms with Crippen LogP contribution in [0.2, 0.25) is 0 Å². The zero-order valence-corrected chi connectivity index (χ0v) is 15.5. The lowest BCUT2D eigenvalue weighted by Crippen LogP contribution is -2.30. The molecule has 0 atom stereocenters. The fourth-order valence-corrected chi connectivity index (χ4v) is 3.63. The molecule has 0 unspecified atom stereocenters. The Morgan fingerprint density at radius 1 is 1.11 bits per heavy atom. The largest absolute Gasteiger partial charge is 0.454 e. The monoisotopic (exact) mass is 366 g/mol. The van der Waals surface area contributed by atoms with E-state index in [1.165, 1.54) is 0 Å². The molecule has 0 saturated heterocycles. The number of hydrogen-bond donors (Lipinski definition) is 0. The van der Waals surface area contributed by atoms with Crippen LogP contribution in [0.15, 0.2) is 36.4 Å². The van der Waals surface area contributed by atoms with Crippen LogP contribution in [0.1, 0.15) is 35.3 Å². The fourth-order valence-electron chi connectivity index (χ4n) is 3.63. The summed E-state index contributed by atoms with van der Waals surface area (Å²) in [5.41, 5.74) is 3.62. The smallest absolute Gasteiger partial charge is 0.254 e. The minimum absolute atomic E-state index is 0.0146. The predicted octanol–water partition coefficient (Wildman–Crippen LogP) is 2.99. The van der Waals surface area contributed by atoms with Crippen molar-refractivity contribution in [2.45, 2.75) is 26.8 Å². The minimum Gasteiger partial charge on any atom is -0.454 e. The number of hydrogen-bond acceptors (Lipinski definition) is 4. The van der Waals surface area contributed by atoms with Crippen LogP contribution in [-0.4, -0.2) is 36.6 Å². The lowest BCUT2D eigenvalue weighted by Gasteiger charge is -2.22. The van der Waals surface area contributed by atoms with Crippen LogP contribution in [0.3, 0.4) is 0 Å². The van der Waals surface area contributed by atoms with Crippen LogP contribution in [0.25, 0.3) is 0 Å². The van der Waals surface area contributed by atoms with Gasteiger partial charge in [0.2, 0.25) is 12.7 Å². The second kappa shape index (κ2) is 6.95. The molecule has 6 heteroatoms. The number of anilines is 1. The second-order valence-electron chi connectivity index (χ2n) is 6.77. The number of rotatable bonds is 4. The van der Waals surface area contributed by atoms with Crippen molar-refractivity contribution in [2.75, 3.05) is 24.8 Å². The van der Waals surface area contributed by atoms with Crippen LogP contribution >= 0.6 is 0 Å². The van der Waals surface area contributed by atoms with Crippen molar-refractivity contribution in [1.82, 2.24) is 4.90 Å². The van der Waals surface area contributed by atoms with Gasteiger partial charge in [-0.3, -0.25) is 9.59 Å². The van der Waals surface area contributed by atoms with Crippen LogP contribution < -0.4 is 14.4 Å². The van der Waals surface area contributed by atoms with Gasteiger partial charge in [-0.1, -0.05) is 6.07 Å². The molecule has 0 bridgehead atoms. The van der Waals surface area contributed by atoms with Gasteiger partial charge in [-0.15, -0.1) is 0 Å². The first-order valence-corrected chi connectivity index (χ1v) is 9.15. The molecule has 4 rings (SSSR count). The number of carbonyl (C=O) groups excluding carboxylic acids is 2. The van der Waals surface area contributed by atoms with E-state index in [9.17, 15) is 9.59 Å². The molecule has 2 amide bonds. The van der Waals surface area contributed by atoms with E-state index in [2.05, 4.69) is 0 Å². The molecule has 0 aliphatic carbocycles. The molecular weight excluding hydrogens is 344 g/mol. The Morgan fingerprint density at radius 3 is 2.70 bits per heavy atom. The van der Waals surface area contributed by atoms with Crippen molar-refractivity contribution >= 4 is 17.5 Å². The number of amides is 2. The molecule has 2 aromatic carbocycles. The molecule has 27 heavy (non-hydrogen) atoms. The standard InChI is InChI=1S/C21H22N2O4/c1-3-22(12-15-4-7-19-20(10-15)27-13-26-19)21(25)17-5-6-18-16(11-17)8-9-23(18)14(2)24/h4-7,10-11H,3,8-9,12-13H2,1-2H3. The van der Waals surface area contributed by atoms with E-state index >= 15 is 0 Å². The third-order valence-corrected chi connectivity index (χ3v) is 5.08. The molecule has 0 spiro atoms. The van der Waals surface area contributed by atoms with E-state index in [0.717, 1.165) is 34.7 Å². The highest BCUT2D eigenvalue weighted by atomic mass is 16.7. The van der Waals surface area contributed by atoms with E-state index in [4.69, 9.17) is 9.47 Å². The first-order chi connectivity index (χ1) is 13.1. The summed E-state index contributed by atoms with van der Waals surface area (Å²) in [5, 5.41) is 0. The summed E-state index contributed by atoms with van der Waals surface area (Å²) in [5.74, 6) is 1.48. The predicted molar refractivity (Wildman–Crippen MR) is 101 cm³/mol. The highest BCUT2D eigenvalue weighted by molar-refractivity contribution is 5.97. The maximum absolute atomic E-state index is 13.0. The zero-order valence-electron chi connectivity index (χ0n) is 15.5. The molecule has 2 heterocycles. The lowest BCUT2D eigenvalue weighted by atomic mass is 10.1. The first-order valence-electron chi connectivity index (χ1n) is 9.15. The quantitative estimate of drug-likeness (QED) is 0.835. The average molecular weight is 366 g/mol. The van der Waals surface area contributed by atoms with Crippen LogP contribution in [0, 0.1) is 0 Å². The van der Waals surface area contributed by atoms with E-state index < -0.39 is 0 Å². The number of nitrogens with zero attached hydrogens (tertiary/aromatic N) is 2. The Bertz CT molecular complexity index is 909. The SMILES string of the molecule is CCN(Cc1ccc2c(c1)OCO2)C(=O)c1ccc2c(c1)CCN2C(C)=O. The summed E-state index contributed by atoms with van der Waals surface area (Å²) in [6.07, 6.45) is 0.782. The third kappa shape index (κ3) is 3.23. The van der Waals surface area contributed by atoms with Crippen molar-refractivity contribution in [1.29, 1.82) is 0 Å². The van der Waals surface area contributed by atoms with Crippen LogP contribution in [-0.2, 0) is 17.8 Å². The molecule has 0 saturated carbocycles. The molecule has 0 fully saturated rings. The molecule has 0 N–H and O–H groups in total. The molecule has 0 aromatic heterocycles. The second-order valence-corrected chi connectivity index (χ2v) is 6.77. The van der Waals surface area contributed by atoms with Crippen LogP contribution in [0.4, 0.5) is 5.69 Å². The van der Waals surface area contributed by atoms with Gasteiger partial charge < -0.3 is 19.3 Å². The summed E-state index contributed by atoms with van der Waals surface area (Å²) < 4.78 is 10.8. The lowest BCUT2D eigenvalue weighted by molar-refractivity contribution is -0.116. The molecule has 6 nitrogen and oxygen atoms in total. The Labute approximate surface area is 158 Å². The van der Waals surface area contributed by atoms with Crippen molar-refractivity contribution in [3.8, 4) is 11.5 Å². The highest BCUT2D eigenvalue weighted by Crippen LogP contribution is 2.33. The Hall–Kier alpha value is -3.02. The van der Waals surface area contributed by atoms with Gasteiger partial charge in [0.1, 0.15) is 0 Å². The van der Waals surface area contributed by atoms with Gasteiger partial charge in [-0.2, -0.15) is 0 Å². The first kappa shape index (κ1) is 17.4. The summed E-state index contributed by atoms with van der Waals surface area (Å²) in [7, 11) is 0. The molecular formula is C21H22N2O4. The average Bonchev–Trinajstić information content (AvgIpc) is 3.31. The molecule has 140 valence electrons. The maximum Gasteiger partial charge on any atom is 0.254 e. The molecule has 0 radical (unpaired) electrons. The summed E-state index contributed by atoms with van der Waals surface area (Å²) >= 11 is 0. The van der Waals surface area contributed by atoms with Crippen LogP contribution in [0.5, 0.6) is 11.5 Å². The maximum atomic E-state index is 13.0. The highest BCUT2D eigenvalue weighted by Gasteiger charge is 2.24. The summed E-state index contributed by atoms with van der Waals surface area (Å²) in [6, 6.07) is 11.4. The number of benzene rings is 2. The summed E-state index contributed by atoms with van der Waals surface area (Å²) in [6.45, 7) is 5.55. The Balaban J connectivity index is 1.53. The number of ether oxygens (including phenoxy) is 2. The van der Waals surface area contributed by atoms with Gasteiger partial charge in [-0.05, 0) is 54.8 Å². The van der Waals surface area contributed by atoms with Crippen molar-refractivity contribution in [2.24, 2.45) is 0 Å². The fraction of sp³-hybridized carbons (Fsp3) is 0.333. The van der Waals surface area contributed by atoms with E-state index in [1.807, 2.05) is 43.3 Å². The summed E-state index contributed by atoms with van der Waals surface area (Å²) in [4.78, 5) is 28.3. The Morgan fingerprint density at radius 2 is 1.93 bits per heavy atom. The minimum atomic E-state index is -0.0146. The van der Waals surface area contributed by atoms with E-state index in [1.54, 1.807) is 16.7 Å². The van der Waals surface area contributed by atoms with Crippen molar-refractivity contribution in [3.63, 3.8) is 0 Å². The molecule has 2 aliphatic rings. The zero-order chi connectivity index (χ0) is 19.0. The van der Waals surface area contributed by atoms with E-state index in [0.29, 0.717) is 25.2 Å². The van der Waals surface area contributed by atoms with Gasteiger partial charge in [-0.25, -0.2) is 0 Å². The van der Waals surface area contributed by atoms with Gasteiger partial charge >= 0.3 is 0 Å². The van der Waals surface area contributed by atoms with Gasteiger partial charge in [0, 0.05) is 37.8 Å².